The Labute approximate surface area is 214 Å². The van der Waals surface area contributed by atoms with Crippen LogP contribution in [-0.2, 0) is 19.2 Å². The van der Waals surface area contributed by atoms with Crippen LogP contribution >= 0.6 is 48.0 Å². The summed E-state index contributed by atoms with van der Waals surface area (Å²) in [5.74, 6) is -1.23. The van der Waals surface area contributed by atoms with Gasteiger partial charge in [-0.25, -0.2) is 0 Å². The number of hydrogen-bond donors (Lipinski definition) is 2. The van der Waals surface area contributed by atoms with E-state index in [4.69, 9.17) is 24.4 Å². The molecule has 2 aromatic rings. The van der Waals surface area contributed by atoms with Gasteiger partial charge in [0.05, 0.1) is 21.2 Å². The lowest BCUT2D eigenvalue weighted by atomic mass is 10.2. The van der Waals surface area contributed by atoms with Crippen LogP contribution in [0, 0.1) is 0 Å². The third-order valence-electron chi connectivity index (χ3n) is 4.64. The minimum atomic E-state index is -0.413. The summed E-state index contributed by atoms with van der Waals surface area (Å²) in [5.41, 5.74) is 2.23. The maximum Gasteiger partial charge on any atom is 0.272 e. The van der Waals surface area contributed by atoms with Crippen molar-refractivity contribution >= 4 is 103 Å². The highest BCUT2D eigenvalue weighted by Gasteiger charge is 2.43. The van der Waals surface area contributed by atoms with E-state index < -0.39 is 11.8 Å². The number of hydrogen-bond acceptors (Lipinski definition) is 8. The Morgan fingerprint density at radius 2 is 1.00 bits per heavy atom. The Kier molecular flexibility index (Phi) is 6.84. The van der Waals surface area contributed by atoms with Crippen LogP contribution < -0.4 is 20.4 Å². The Hall–Kier alpha value is -3.06. The molecule has 2 aromatic carbocycles. The zero-order valence-corrected chi connectivity index (χ0v) is 21.0. The van der Waals surface area contributed by atoms with Crippen LogP contribution in [-0.4, -0.2) is 32.3 Å². The molecule has 8 nitrogen and oxygen atoms in total. The van der Waals surface area contributed by atoms with E-state index in [1.54, 1.807) is 48.5 Å². The summed E-state index contributed by atoms with van der Waals surface area (Å²) in [7, 11) is 0. The van der Waals surface area contributed by atoms with Gasteiger partial charge in [-0.1, -0.05) is 48.0 Å². The number of anilines is 4. The number of rotatable bonds is 4. The zero-order chi connectivity index (χ0) is 24.6. The van der Waals surface area contributed by atoms with Crippen LogP contribution in [0.3, 0.4) is 0 Å². The van der Waals surface area contributed by atoms with Crippen LogP contribution in [0.1, 0.15) is 13.8 Å². The number of nitrogens with zero attached hydrogens (tertiary/aromatic N) is 2. The smallest absolute Gasteiger partial charge is 0.272 e. The number of carbonyl (C=O) groups excluding carboxylic acids is 4. The highest BCUT2D eigenvalue weighted by atomic mass is 32.2. The number of thioether (sulfide) groups is 2. The number of thiocarbonyl (C=S) groups is 2. The first-order valence-electron chi connectivity index (χ1n) is 9.78. The number of amides is 4. The summed E-state index contributed by atoms with van der Waals surface area (Å²) in [6.07, 6.45) is 0. The Bertz CT molecular complexity index is 1190. The van der Waals surface area contributed by atoms with Crippen molar-refractivity contribution < 1.29 is 19.2 Å². The predicted octanol–water partition coefficient (Wildman–Crippen LogP) is 4.24. The summed E-state index contributed by atoms with van der Waals surface area (Å²) < 4.78 is 0.578. The van der Waals surface area contributed by atoms with Gasteiger partial charge >= 0.3 is 0 Å². The van der Waals surface area contributed by atoms with Crippen LogP contribution in [0.4, 0.5) is 22.7 Å². The second kappa shape index (κ2) is 9.66. The number of benzene rings is 2. The Balaban J connectivity index is 1.59. The van der Waals surface area contributed by atoms with Gasteiger partial charge in [-0.05, 0) is 48.5 Å². The quantitative estimate of drug-likeness (QED) is 0.449. The van der Waals surface area contributed by atoms with Crippen LogP contribution in [0.5, 0.6) is 0 Å². The van der Waals surface area contributed by atoms with E-state index in [1.165, 1.54) is 23.6 Å². The van der Waals surface area contributed by atoms with Gasteiger partial charge in [0, 0.05) is 25.2 Å². The molecule has 4 rings (SSSR count). The average Bonchev–Trinajstić information content (AvgIpc) is 3.23. The molecule has 4 amide bonds. The molecule has 2 N–H and O–H groups in total. The SMILES string of the molecule is CC(=O)Nc1ccc(N2C(=O)/C(=C3\SC(=S)N(c4ccc(NC(C)=O)cc4)C3=O)SC2=S)cc1. The summed E-state index contributed by atoms with van der Waals surface area (Å²) in [6, 6.07) is 13.3. The van der Waals surface area contributed by atoms with E-state index in [-0.39, 0.29) is 30.3 Å². The van der Waals surface area contributed by atoms with Crippen LogP contribution in [0.25, 0.3) is 0 Å². The maximum absolute atomic E-state index is 13.2. The molecule has 34 heavy (non-hydrogen) atoms. The molecule has 0 spiro atoms. The van der Waals surface area contributed by atoms with Crippen LogP contribution in [0.2, 0.25) is 0 Å². The molecule has 0 bridgehead atoms. The fraction of sp³-hybridized carbons (Fsp3) is 0.0909. The van der Waals surface area contributed by atoms with E-state index in [0.29, 0.717) is 22.7 Å². The van der Waals surface area contributed by atoms with Gasteiger partial charge in [0.25, 0.3) is 11.8 Å². The largest absolute Gasteiger partial charge is 0.326 e. The minimum absolute atomic E-state index is 0.204. The Morgan fingerprint density at radius 3 is 1.29 bits per heavy atom. The van der Waals surface area contributed by atoms with Gasteiger partial charge in [0.1, 0.15) is 0 Å². The molecule has 0 saturated carbocycles. The molecule has 0 unspecified atom stereocenters. The molecule has 2 saturated heterocycles. The second-order valence-corrected chi connectivity index (χ2v) is 10.4. The second-order valence-electron chi connectivity index (χ2n) is 7.13. The lowest BCUT2D eigenvalue weighted by molar-refractivity contribution is -0.115. The molecule has 2 aliphatic heterocycles. The molecule has 12 heteroatoms. The monoisotopic (exact) mass is 528 g/mol. The maximum atomic E-state index is 13.2. The topological polar surface area (TPSA) is 98.8 Å². The molecular formula is C22H16N4O4S4. The third kappa shape index (κ3) is 4.75. The molecular weight excluding hydrogens is 513 g/mol. The van der Waals surface area contributed by atoms with E-state index in [0.717, 1.165) is 23.5 Å². The highest BCUT2D eigenvalue weighted by Crippen LogP contribution is 2.44. The van der Waals surface area contributed by atoms with Crippen molar-refractivity contribution in [2.24, 2.45) is 0 Å². The van der Waals surface area contributed by atoms with Gasteiger partial charge in [-0.15, -0.1) is 0 Å². The van der Waals surface area contributed by atoms with Crippen molar-refractivity contribution in [3.63, 3.8) is 0 Å². The summed E-state index contributed by atoms with van der Waals surface area (Å²) >= 11 is 12.9. The molecule has 0 aromatic heterocycles. The molecule has 2 fully saturated rings. The summed E-state index contributed by atoms with van der Waals surface area (Å²) in [6.45, 7) is 2.81. The van der Waals surface area contributed by atoms with Crippen molar-refractivity contribution in [3.05, 3.63) is 58.3 Å². The molecule has 0 radical (unpaired) electrons. The van der Waals surface area contributed by atoms with Crippen LogP contribution in [0.15, 0.2) is 58.3 Å². The van der Waals surface area contributed by atoms with E-state index in [2.05, 4.69) is 10.6 Å². The van der Waals surface area contributed by atoms with Crippen molar-refractivity contribution in [2.45, 2.75) is 13.8 Å². The molecule has 0 aliphatic carbocycles. The van der Waals surface area contributed by atoms with Crippen molar-refractivity contribution in [2.75, 3.05) is 20.4 Å². The van der Waals surface area contributed by atoms with E-state index in [1.807, 2.05) is 0 Å². The molecule has 172 valence electrons. The fourth-order valence-electron chi connectivity index (χ4n) is 3.25. The highest BCUT2D eigenvalue weighted by molar-refractivity contribution is 8.30. The van der Waals surface area contributed by atoms with E-state index >= 15 is 0 Å². The molecule has 2 aliphatic rings. The summed E-state index contributed by atoms with van der Waals surface area (Å²) in [4.78, 5) is 52.0. The minimum Gasteiger partial charge on any atom is -0.326 e. The first-order chi connectivity index (χ1) is 16.2. The third-order valence-corrected chi connectivity index (χ3v) is 7.51. The lowest BCUT2D eigenvalue weighted by Crippen LogP contribution is -2.29. The molecule has 2 heterocycles. The fourth-order valence-corrected chi connectivity index (χ4v) is 6.00. The lowest BCUT2D eigenvalue weighted by Gasteiger charge is -2.15. The first kappa shape index (κ1) is 24.1. The Morgan fingerprint density at radius 1 is 0.676 bits per heavy atom. The summed E-state index contributed by atoms with van der Waals surface area (Å²) in [5, 5.41) is 5.33. The first-order valence-corrected chi connectivity index (χ1v) is 12.2. The predicted molar refractivity (Wildman–Crippen MR) is 144 cm³/mol. The zero-order valence-electron chi connectivity index (χ0n) is 17.8. The van der Waals surface area contributed by atoms with Gasteiger partial charge in [0.2, 0.25) is 11.8 Å². The molecule has 0 atom stereocenters. The van der Waals surface area contributed by atoms with Gasteiger partial charge in [-0.2, -0.15) is 0 Å². The van der Waals surface area contributed by atoms with Gasteiger partial charge < -0.3 is 10.6 Å². The van der Waals surface area contributed by atoms with Crippen molar-refractivity contribution in [3.8, 4) is 0 Å². The van der Waals surface area contributed by atoms with Gasteiger partial charge in [0.15, 0.2) is 8.64 Å². The van der Waals surface area contributed by atoms with Gasteiger partial charge in [-0.3, -0.25) is 29.0 Å². The average molecular weight is 529 g/mol. The van der Waals surface area contributed by atoms with Crippen molar-refractivity contribution in [1.82, 2.24) is 0 Å². The number of nitrogens with one attached hydrogen (secondary N) is 2. The van der Waals surface area contributed by atoms with Crippen molar-refractivity contribution in [1.29, 1.82) is 0 Å². The number of carbonyl (C=O) groups is 4. The standard InChI is InChI=1S/C22H16N4O4S4/c1-11(27)23-13-3-7-15(8-4-13)25-19(29)17(33-21(25)31)18-20(30)26(22(32)34-18)16-9-5-14(6-10-16)24-12(2)28/h3-10H,1-2H3,(H,23,27)(H,24,28)/b18-17+. The van der Waals surface area contributed by atoms with E-state index in [9.17, 15) is 19.2 Å². The normalized spacial score (nSPS) is 18.1.